The molecular weight excluding hydrogens is 272 g/mol. The Morgan fingerprint density at radius 1 is 1.45 bits per heavy atom. The summed E-state index contributed by atoms with van der Waals surface area (Å²) >= 11 is 6.15. The van der Waals surface area contributed by atoms with Gasteiger partial charge in [-0.3, -0.25) is 0 Å². The highest BCUT2D eigenvalue weighted by atomic mass is 35.5. The van der Waals surface area contributed by atoms with Crippen molar-refractivity contribution in [1.82, 2.24) is 5.32 Å². The first-order valence-electron chi connectivity index (χ1n) is 7.37. The number of anilines is 1. The van der Waals surface area contributed by atoms with E-state index in [9.17, 15) is 0 Å². The summed E-state index contributed by atoms with van der Waals surface area (Å²) in [5, 5.41) is 4.19. The highest BCUT2D eigenvalue weighted by molar-refractivity contribution is 6.30. The Labute approximate surface area is 127 Å². The van der Waals surface area contributed by atoms with Gasteiger partial charge in [0.25, 0.3) is 0 Å². The summed E-state index contributed by atoms with van der Waals surface area (Å²) in [4.78, 5) is 2.43. The van der Waals surface area contributed by atoms with Gasteiger partial charge in [0, 0.05) is 37.5 Å². The number of rotatable bonds is 5. The molecule has 0 saturated carbocycles. The first-order chi connectivity index (χ1) is 9.58. The van der Waals surface area contributed by atoms with Gasteiger partial charge in [0.1, 0.15) is 0 Å². The minimum absolute atomic E-state index is 0.0483. The molecule has 1 fully saturated rings. The van der Waals surface area contributed by atoms with Crippen LogP contribution < -0.4 is 10.2 Å². The normalized spacial score (nSPS) is 23.1. The van der Waals surface area contributed by atoms with Crippen molar-refractivity contribution in [2.75, 3.05) is 31.6 Å². The molecule has 0 spiro atoms. The third-order valence-corrected chi connectivity index (χ3v) is 4.33. The fraction of sp³-hybridized carbons (Fsp3) is 0.625. The summed E-state index contributed by atoms with van der Waals surface area (Å²) in [7, 11) is 1.81. The fourth-order valence-electron chi connectivity index (χ4n) is 2.84. The van der Waals surface area contributed by atoms with E-state index in [0.29, 0.717) is 0 Å². The second kappa shape index (κ2) is 6.79. The third-order valence-electron chi connectivity index (χ3n) is 4.10. The number of hydrogen-bond acceptors (Lipinski definition) is 3. The second-order valence-corrected chi connectivity index (χ2v) is 6.17. The Hall–Kier alpha value is -0.770. The lowest BCUT2D eigenvalue weighted by atomic mass is 9.94. The van der Waals surface area contributed by atoms with Gasteiger partial charge in [-0.15, -0.1) is 0 Å². The molecule has 1 aliphatic heterocycles. The first kappa shape index (κ1) is 15.6. The molecule has 0 bridgehead atoms. The SMILES string of the molecule is CCNCc1cc(Cl)ccc1N1CCCC(C)(OC)C1. The molecule has 1 aromatic carbocycles. The number of halogens is 1. The van der Waals surface area contributed by atoms with E-state index in [-0.39, 0.29) is 5.60 Å². The lowest BCUT2D eigenvalue weighted by molar-refractivity contribution is -0.00468. The molecule has 1 aliphatic rings. The minimum Gasteiger partial charge on any atom is -0.377 e. The summed E-state index contributed by atoms with van der Waals surface area (Å²) < 4.78 is 5.69. The smallest absolute Gasteiger partial charge is 0.0825 e. The lowest BCUT2D eigenvalue weighted by Gasteiger charge is -2.41. The maximum Gasteiger partial charge on any atom is 0.0825 e. The number of nitrogens with one attached hydrogen (secondary N) is 1. The maximum absolute atomic E-state index is 6.15. The molecule has 4 heteroatoms. The van der Waals surface area contributed by atoms with Crippen molar-refractivity contribution in [3.8, 4) is 0 Å². The molecule has 0 aliphatic carbocycles. The van der Waals surface area contributed by atoms with Gasteiger partial charge in [-0.1, -0.05) is 18.5 Å². The Bertz CT molecular complexity index is 452. The third kappa shape index (κ3) is 3.66. The van der Waals surface area contributed by atoms with Crippen LogP contribution in [0.4, 0.5) is 5.69 Å². The van der Waals surface area contributed by atoms with E-state index >= 15 is 0 Å². The highest BCUT2D eigenvalue weighted by Crippen LogP contribution is 2.31. The predicted molar refractivity (Wildman–Crippen MR) is 85.7 cm³/mol. The van der Waals surface area contributed by atoms with Gasteiger partial charge >= 0.3 is 0 Å². The van der Waals surface area contributed by atoms with E-state index in [2.05, 4.69) is 36.2 Å². The summed E-state index contributed by atoms with van der Waals surface area (Å²) in [6, 6.07) is 6.18. The molecule has 1 saturated heterocycles. The predicted octanol–water partition coefficient (Wildman–Crippen LogP) is 3.45. The quantitative estimate of drug-likeness (QED) is 0.900. The highest BCUT2D eigenvalue weighted by Gasteiger charge is 2.31. The van der Waals surface area contributed by atoms with Crippen LogP contribution in [0.2, 0.25) is 5.02 Å². The van der Waals surface area contributed by atoms with Crippen molar-refractivity contribution < 1.29 is 4.74 Å². The van der Waals surface area contributed by atoms with E-state index in [1.807, 2.05) is 13.2 Å². The van der Waals surface area contributed by atoms with Crippen LogP contribution in [-0.4, -0.2) is 32.3 Å². The molecule has 1 atom stereocenters. The van der Waals surface area contributed by atoms with Crippen LogP contribution in [-0.2, 0) is 11.3 Å². The van der Waals surface area contributed by atoms with E-state index in [0.717, 1.165) is 44.0 Å². The molecule has 20 heavy (non-hydrogen) atoms. The first-order valence-corrected chi connectivity index (χ1v) is 7.75. The topological polar surface area (TPSA) is 24.5 Å². The van der Waals surface area contributed by atoms with Crippen molar-refractivity contribution in [2.24, 2.45) is 0 Å². The summed E-state index contributed by atoms with van der Waals surface area (Å²) in [5.41, 5.74) is 2.49. The van der Waals surface area contributed by atoms with E-state index in [1.54, 1.807) is 0 Å². The largest absolute Gasteiger partial charge is 0.377 e. The van der Waals surface area contributed by atoms with Gasteiger partial charge in [0.2, 0.25) is 0 Å². The number of methoxy groups -OCH3 is 1. The number of hydrogen-bond donors (Lipinski definition) is 1. The molecule has 1 aromatic rings. The maximum atomic E-state index is 6.15. The Morgan fingerprint density at radius 2 is 2.25 bits per heavy atom. The molecule has 1 N–H and O–H groups in total. The molecule has 2 rings (SSSR count). The lowest BCUT2D eigenvalue weighted by Crippen LogP contribution is -2.47. The van der Waals surface area contributed by atoms with E-state index in [4.69, 9.17) is 16.3 Å². The molecule has 0 aromatic heterocycles. The van der Waals surface area contributed by atoms with Gasteiger partial charge < -0.3 is 15.0 Å². The summed E-state index contributed by atoms with van der Waals surface area (Å²) in [6.45, 7) is 8.14. The second-order valence-electron chi connectivity index (χ2n) is 5.73. The Kier molecular flexibility index (Phi) is 5.30. The average molecular weight is 297 g/mol. The van der Waals surface area contributed by atoms with Crippen LogP contribution in [0, 0.1) is 0 Å². The van der Waals surface area contributed by atoms with Crippen LogP contribution in [0.5, 0.6) is 0 Å². The van der Waals surface area contributed by atoms with Gasteiger partial charge in [0.15, 0.2) is 0 Å². The van der Waals surface area contributed by atoms with Crippen molar-refractivity contribution >= 4 is 17.3 Å². The standard InChI is InChI=1S/C16H25ClN2O/c1-4-18-11-13-10-14(17)6-7-15(13)19-9-5-8-16(2,12-19)20-3/h6-7,10,18H,4-5,8-9,11-12H2,1-3H3. The molecule has 0 amide bonds. The number of piperidine rings is 1. The van der Waals surface area contributed by atoms with Crippen LogP contribution >= 0.6 is 11.6 Å². The van der Waals surface area contributed by atoms with E-state index < -0.39 is 0 Å². The summed E-state index contributed by atoms with van der Waals surface area (Å²) in [5.74, 6) is 0. The Morgan fingerprint density at radius 3 is 2.95 bits per heavy atom. The number of benzene rings is 1. The summed E-state index contributed by atoms with van der Waals surface area (Å²) in [6.07, 6.45) is 2.28. The van der Waals surface area contributed by atoms with Gasteiger partial charge in [-0.05, 0) is 50.1 Å². The van der Waals surface area contributed by atoms with Crippen molar-refractivity contribution in [1.29, 1.82) is 0 Å². The van der Waals surface area contributed by atoms with Gasteiger partial charge in [-0.25, -0.2) is 0 Å². The molecular formula is C16H25ClN2O. The van der Waals surface area contributed by atoms with Crippen LogP contribution in [0.1, 0.15) is 32.3 Å². The van der Waals surface area contributed by atoms with Crippen molar-refractivity contribution in [3.63, 3.8) is 0 Å². The average Bonchev–Trinajstić information content (AvgIpc) is 2.45. The minimum atomic E-state index is -0.0483. The molecule has 1 unspecified atom stereocenters. The van der Waals surface area contributed by atoms with Crippen molar-refractivity contribution in [2.45, 2.75) is 38.8 Å². The van der Waals surface area contributed by atoms with Gasteiger partial charge in [-0.2, -0.15) is 0 Å². The Balaban J connectivity index is 2.22. The molecule has 1 heterocycles. The zero-order chi connectivity index (χ0) is 14.6. The van der Waals surface area contributed by atoms with Crippen LogP contribution in [0.3, 0.4) is 0 Å². The van der Waals surface area contributed by atoms with Crippen molar-refractivity contribution in [3.05, 3.63) is 28.8 Å². The number of ether oxygens (including phenoxy) is 1. The van der Waals surface area contributed by atoms with Gasteiger partial charge in [0.05, 0.1) is 5.60 Å². The molecule has 0 radical (unpaired) electrons. The number of nitrogens with zero attached hydrogens (tertiary/aromatic N) is 1. The zero-order valence-corrected chi connectivity index (χ0v) is 13.5. The van der Waals surface area contributed by atoms with E-state index in [1.165, 1.54) is 11.3 Å². The molecule has 3 nitrogen and oxygen atoms in total. The monoisotopic (exact) mass is 296 g/mol. The zero-order valence-electron chi connectivity index (χ0n) is 12.7. The molecule has 112 valence electrons. The van der Waals surface area contributed by atoms with Crippen LogP contribution in [0.15, 0.2) is 18.2 Å². The fourth-order valence-corrected chi connectivity index (χ4v) is 3.04. The van der Waals surface area contributed by atoms with Crippen LogP contribution in [0.25, 0.3) is 0 Å².